The molecule has 1 saturated heterocycles. The number of rotatable bonds is 1. The molecule has 6 heteroatoms. The summed E-state index contributed by atoms with van der Waals surface area (Å²) in [6, 6.07) is 0. The lowest BCUT2D eigenvalue weighted by Crippen LogP contribution is -2.25. The van der Waals surface area contributed by atoms with Crippen LogP contribution in [-0.4, -0.2) is 30.3 Å². The Labute approximate surface area is 108 Å². The van der Waals surface area contributed by atoms with Crippen molar-refractivity contribution in [1.29, 1.82) is 0 Å². The third-order valence-corrected chi connectivity index (χ3v) is 6.20. The van der Waals surface area contributed by atoms with Crippen molar-refractivity contribution in [2.45, 2.75) is 37.5 Å². The monoisotopic (exact) mass is 269 g/mol. The Balaban J connectivity index is 2.04. The van der Waals surface area contributed by atoms with Crippen LogP contribution < -0.4 is 5.32 Å². The van der Waals surface area contributed by atoms with Crippen molar-refractivity contribution >= 4 is 9.84 Å². The van der Waals surface area contributed by atoms with Gasteiger partial charge in [-0.2, -0.15) is 0 Å². The summed E-state index contributed by atoms with van der Waals surface area (Å²) < 4.78 is 26.4. The van der Waals surface area contributed by atoms with E-state index in [0.29, 0.717) is 5.75 Å². The van der Waals surface area contributed by atoms with Crippen LogP contribution in [0.15, 0.2) is 0 Å². The first kappa shape index (κ1) is 12.2. The van der Waals surface area contributed by atoms with E-state index in [1.165, 1.54) is 5.69 Å². The van der Waals surface area contributed by atoms with Gasteiger partial charge in [-0.05, 0) is 12.8 Å². The minimum atomic E-state index is -3.00. The van der Waals surface area contributed by atoms with Crippen LogP contribution in [0.25, 0.3) is 0 Å². The van der Waals surface area contributed by atoms with E-state index in [-0.39, 0.29) is 5.25 Å². The van der Waals surface area contributed by atoms with E-state index < -0.39 is 9.84 Å². The Bertz CT molecular complexity index is 562. The van der Waals surface area contributed by atoms with Crippen molar-refractivity contribution in [3.05, 3.63) is 17.2 Å². The number of imidazole rings is 1. The molecule has 0 spiro atoms. The van der Waals surface area contributed by atoms with Gasteiger partial charge in [0, 0.05) is 32.3 Å². The molecule has 2 aliphatic rings. The number of aromatic nitrogens is 2. The zero-order valence-electron chi connectivity index (χ0n) is 10.6. The van der Waals surface area contributed by atoms with Gasteiger partial charge in [0.2, 0.25) is 0 Å². The summed E-state index contributed by atoms with van der Waals surface area (Å²) in [6.45, 7) is 1.71. The minimum absolute atomic E-state index is 0.313. The van der Waals surface area contributed by atoms with Crippen LogP contribution in [0.5, 0.6) is 0 Å². The number of nitrogens with zero attached hydrogens (tertiary/aromatic N) is 2. The zero-order chi connectivity index (χ0) is 12.8. The van der Waals surface area contributed by atoms with Gasteiger partial charge < -0.3 is 9.88 Å². The molecular formula is C12H19N3O2S. The fourth-order valence-electron chi connectivity index (χ4n) is 3.01. The van der Waals surface area contributed by atoms with Crippen LogP contribution in [0, 0.1) is 0 Å². The molecule has 3 heterocycles. The normalized spacial score (nSPS) is 26.8. The molecule has 1 aromatic rings. The predicted octanol–water partition coefficient (Wildman–Crippen LogP) is 0.706. The highest BCUT2D eigenvalue weighted by Gasteiger charge is 2.34. The Morgan fingerprint density at radius 3 is 2.94 bits per heavy atom. The SMILES string of the molecule is Cn1c(C2CCCCS2(=O)=O)nc2c1CCNC2. The summed E-state index contributed by atoms with van der Waals surface area (Å²) in [5.74, 6) is 1.07. The van der Waals surface area contributed by atoms with Crippen molar-refractivity contribution in [1.82, 2.24) is 14.9 Å². The highest BCUT2D eigenvalue weighted by Crippen LogP contribution is 2.33. The molecule has 5 nitrogen and oxygen atoms in total. The lowest BCUT2D eigenvalue weighted by atomic mass is 10.2. The van der Waals surface area contributed by atoms with E-state index in [2.05, 4.69) is 10.3 Å². The van der Waals surface area contributed by atoms with Crippen molar-refractivity contribution in [3.8, 4) is 0 Å². The van der Waals surface area contributed by atoms with Gasteiger partial charge in [0.25, 0.3) is 0 Å². The second kappa shape index (κ2) is 4.35. The van der Waals surface area contributed by atoms with E-state index in [4.69, 9.17) is 0 Å². The van der Waals surface area contributed by atoms with E-state index in [1.807, 2.05) is 11.6 Å². The fourth-order valence-corrected chi connectivity index (χ4v) is 4.96. The molecule has 100 valence electrons. The standard InChI is InChI=1S/C12H19N3O2S/c1-15-10-5-6-13-8-9(10)14-12(15)11-4-2-3-7-18(11,16)17/h11,13H,2-8H2,1H3. The maximum absolute atomic E-state index is 12.2. The number of hydrogen-bond acceptors (Lipinski definition) is 4. The van der Waals surface area contributed by atoms with Crippen LogP contribution in [0.1, 0.15) is 41.7 Å². The van der Waals surface area contributed by atoms with Crippen molar-refractivity contribution in [2.24, 2.45) is 7.05 Å². The molecule has 1 aromatic heterocycles. The summed E-state index contributed by atoms with van der Waals surface area (Å²) in [4.78, 5) is 4.59. The van der Waals surface area contributed by atoms with Crippen LogP contribution in [0.3, 0.4) is 0 Å². The summed E-state index contributed by atoms with van der Waals surface area (Å²) in [5.41, 5.74) is 2.23. The van der Waals surface area contributed by atoms with Gasteiger partial charge in [0.1, 0.15) is 11.1 Å². The minimum Gasteiger partial charge on any atom is -0.334 e. The average Bonchev–Trinajstić information content (AvgIpc) is 2.67. The molecule has 2 aliphatic heterocycles. The molecule has 0 bridgehead atoms. The Morgan fingerprint density at radius 1 is 1.39 bits per heavy atom. The van der Waals surface area contributed by atoms with Crippen LogP contribution in [0.4, 0.5) is 0 Å². The molecule has 0 amide bonds. The van der Waals surface area contributed by atoms with Crippen molar-refractivity contribution in [2.75, 3.05) is 12.3 Å². The molecule has 0 aromatic carbocycles. The first-order chi connectivity index (χ1) is 8.59. The topological polar surface area (TPSA) is 64.0 Å². The molecule has 1 atom stereocenters. The van der Waals surface area contributed by atoms with E-state index >= 15 is 0 Å². The van der Waals surface area contributed by atoms with Gasteiger partial charge in [-0.25, -0.2) is 13.4 Å². The van der Waals surface area contributed by atoms with Gasteiger partial charge >= 0.3 is 0 Å². The number of nitrogens with one attached hydrogen (secondary N) is 1. The second-order valence-corrected chi connectivity index (χ2v) is 7.50. The van der Waals surface area contributed by atoms with Crippen molar-refractivity contribution < 1.29 is 8.42 Å². The number of hydrogen-bond donors (Lipinski definition) is 1. The summed E-state index contributed by atoms with van der Waals surface area (Å²) in [5, 5.41) is 2.89. The van der Waals surface area contributed by atoms with Gasteiger partial charge in [0.05, 0.1) is 11.4 Å². The Morgan fingerprint density at radius 2 is 2.22 bits per heavy atom. The predicted molar refractivity (Wildman–Crippen MR) is 69.0 cm³/mol. The third-order valence-electron chi connectivity index (χ3n) is 4.03. The summed E-state index contributed by atoms with van der Waals surface area (Å²) in [6.07, 6.45) is 3.44. The number of sulfone groups is 1. The lowest BCUT2D eigenvalue weighted by Gasteiger charge is -2.22. The van der Waals surface area contributed by atoms with Crippen LogP contribution >= 0.6 is 0 Å². The van der Waals surface area contributed by atoms with Crippen LogP contribution in [0.2, 0.25) is 0 Å². The Hall–Kier alpha value is -0.880. The molecule has 0 saturated carbocycles. The summed E-state index contributed by atoms with van der Waals surface area (Å²) in [7, 11) is -1.05. The molecule has 0 radical (unpaired) electrons. The molecule has 3 rings (SSSR count). The van der Waals surface area contributed by atoms with Crippen LogP contribution in [-0.2, 0) is 29.9 Å². The second-order valence-electron chi connectivity index (χ2n) is 5.20. The zero-order valence-corrected chi connectivity index (χ0v) is 11.5. The van der Waals surface area contributed by atoms with E-state index in [1.54, 1.807) is 0 Å². The molecule has 0 aliphatic carbocycles. The highest BCUT2D eigenvalue weighted by molar-refractivity contribution is 7.91. The molecule has 1 N–H and O–H groups in total. The first-order valence-corrected chi connectivity index (χ1v) is 8.28. The smallest absolute Gasteiger partial charge is 0.160 e. The largest absolute Gasteiger partial charge is 0.334 e. The van der Waals surface area contributed by atoms with Gasteiger partial charge in [-0.1, -0.05) is 6.42 Å². The van der Waals surface area contributed by atoms with Crippen molar-refractivity contribution in [3.63, 3.8) is 0 Å². The first-order valence-electron chi connectivity index (χ1n) is 6.56. The third kappa shape index (κ3) is 1.87. The average molecular weight is 269 g/mol. The fraction of sp³-hybridized carbons (Fsp3) is 0.750. The maximum Gasteiger partial charge on any atom is 0.160 e. The van der Waals surface area contributed by atoms with E-state index in [9.17, 15) is 8.42 Å². The van der Waals surface area contributed by atoms with Gasteiger partial charge in [0.15, 0.2) is 9.84 Å². The molecule has 18 heavy (non-hydrogen) atoms. The van der Waals surface area contributed by atoms with Gasteiger partial charge in [-0.3, -0.25) is 0 Å². The van der Waals surface area contributed by atoms with E-state index in [0.717, 1.165) is 50.3 Å². The quantitative estimate of drug-likeness (QED) is 0.815. The highest BCUT2D eigenvalue weighted by atomic mass is 32.2. The number of fused-ring (bicyclic) bond motifs is 1. The molecular weight excluding hydrogens is 250 g/mol. The summed E-state index contributed by atoms with van der Waals surface area (Å²) >= 11 is 0. The molecule has 1 unspecified atom stereocenters. The molecule has 1 fully saturated rings. The maximum atomic E-state index is 12.2. The Kier molecular flexibility index (Phi) is 2.94. The lowest BCUT2D eigenvalue weighted by molar-refractivity contribution is 0.531. The van der Waals surface area contributed by atoms with Gasteiger partial charge in [-0.15, -0.1) is 0 Å².